The number of hydrogen-bond donors (Lipinski definition) is 2. The molecule has 148 valence electrons. The Kier molecular flexibility index (Phi) is 7.88. The minimum atomic E-state index is -3.05. The van der Waals surface area contributed by atoms with Gasteiger partial charge in [0.15, 0.2) is 6.61 Å². The zero-order chi connectivity index (χ0) is 20.5. The van der Waals surface area contributed by atoms with Gasteiger partial charge in [-0.15, -0.1) is 0 Å². The third-order valence-corrected chi connectivity index (χ3v) is 3.77. The number of nitrogens with one attached hydrogen (secondary N) is 2. The number of hydrogen-bond acceptors (Lipinski definition) is 5. The molecule has 0 saturated carbocycles. The van der Waals surface area contributed by atoms with Gasteiger partial charge in [0.1, 0.15) is 12.3 Å². The fourth-order valence-electron chi connectivity index (χ4n) is 2.01. The average molecular weight is 457 g/mol. The minimum Gasteiger partial charge on any atom is -0.454 e. The van der Waals surface area contributed by atoms with Crippen LogP contribution in [0.5, 0.6) is 5.75 Å². The molecule has 0 bridgehead atoms. The normalized spacial score (nSPS) is 10.3. The van der Waals surface area contributed by atoms with E-state index in [1.807, 2.05) is 0 Å². The quantitative estimate of drug-likeness (QED) is 0.595. The van der Waals surface area contributed by atoms with E-state index in [1.165, 1.54) is 24.3 Å². The Morgan fingerprint density at radius 3 is 2.39 bits per heavy atom. The number of amides is 2. The van der Waals surface area contributed by atoms with Gasteiger partial charge in [-0.3, -0.25) is 14.4 Å². The lowest BCUT2D eigenvalue weighted by atomic mass is 10.2. The second-order valence-electron chi connectivity index (χ2n) is 5.27. The Hall–Kier alpha value is -3.01. The van der Waals surface area contributed by atoms with Gasteiger partial charge in [0, 0.05) is 10.0 Å². The molecular formula is C18H15BrF2N2O5. The zero-order valence-electron chi connectivity index (χ0n) is 14.3. The molecule has 2 aromatic rings. The van der Waals surface area contributed by atoms with E-state index in [9.17, 15) is 23.2 Å². The van der Waals surface area contributed by atoms with Crippen molar-refractivity contribution >= 4 is 39.4 Å². The van der Waals surface area contributed by atoms with Crippen molar-refractivity contribution in [3.8, 4) is 5.75 Å². The molecule has 2 aromatic carbocycles. The summed E-state index contributed by atoms with van der Waals surface area (Å²) in [7, 11) is 0. The summed E-state index contributed by atoms with van der Waals surface area (Å²) in [5.74, 6) is -2.29. The van der Waals surface area contributed by atoms with Gasteiger partial charge in [-0.2, -0.15) is 8.78 Å². The summed E-state index contributed by atoms with van der Waals surface area (Å²) in [6.45, 7) is -4.14. The maximum Gasteiger partial charge on any atom is 0.387 e. The van der Waals surface area contributed by atoms with Crippen LogP contribution >= 0.6 is 15.9 Å². The van der Waals surface area contributed by atoms with Crippen molar-refractivity contribution in [2.75, 3.05) is 18.5 Å². The van der Waals surface area contributed by atoms with E-state index in [-0.39, 0.29) is 11.4 Å². The first-order chi connectivity index (χ1) is 13.3. The van der Waals surface area contributed by atoms with Crippen LogP contribution in [0, 0.1) is 0 Å². The van der Waals surface area contributed by atoms with Crippen molar-refractivity contribution in [3.63, 3.8) is 0 Å². The van der Waals surface area contributed by atoms with Crippen LogP contribution in [0.4, 0.5) is 14.5 Å². The molecule has 2 amide bonds. The number of para-hydroxylation sites is 2. The van der Waals surface area contributed by atoms with Gasteiger partial charge in [-0.25, -0.2) is 0 Å². The van der Waals surface area contributed by atoms with Crippen molar-refractivity contribution in [1.82, 2.24) is 5.32 Å². The first kappa shape index (κ1) is 21.3. The number of carbonyl (C=O) groups is 3. The Bertz CT molecular complexity index is 846. The molecule has 0 saturated heterocycles. The SMILES string of the molecule is O=C(COC(=O)CNC(=O)c1ccc(Br)cc1)Nc1ccccc1OC(F)F. The van der Waals surface area contributed by atoms with Crippen molar-refractivity contribution in [2.45, 2.75) is 6.61 Å². The summed E-state index contributed by atoms with van der Waals surface area (Å²) in [4.78, 5) is 35.4. The standard InChI is InChI=1S/C18H15BrF2N2O5/c19-12-7-5-11(6-8-12)17(26)22-9-16(25)27-10-15(24)23-13-3-1-2-4-14(13)28-18(20)21/h1-8,18H,9-10H2,(H,22,26)(H,23,24). The Labute approximate surface area is 167 Å². The van der Waals surface area contributed by atoms with Gasteiger partial charge in [-0.05, 0) is 36.4 Å². The number of carbonyl (C=O) groups excluding carboxylic acids is 3. The van der Waals surface area contributed by atoms with Crippen LogP contribution in [0.15, 0.2) is 53.0 Å². The van der Waals surface area contributed by atoms with Crippen LogP contribution in [0.25, 0.3) is 0 Å². The van der Waals surface area contributed by atoms with Gasteiger partial charge in [0.05, 0.1) is 5.69 Å². The molecular weight excluding hydrogens is 442 g/mol. The molecule has 7 nitrogen and oxygen atoms in total. The number of alkyl halides is 2. The summed E-state index contributed by atoms with van der Waals surface area (Å²) in [6.07, 6.45) is 0. The molecule has 2 N–H and O–H groups in total. The second kappa shape index (κ2) is 10.4. The van der Waals surface area contributed by atoms with Crippen LogP contribution in [0.2, 0.25) is 0 Å². The molecule has 2 rings (SSSR count). The molecule has 0 unspecified atom stereocenters. The molecule has 10 heteroatoms. The third-order valence-electron chi connectivity index (χ3n) is 3.24. The first-order valence-electron chi connectivity index (χ1n) is 7.88. The number of esters is 1. The Morgan fingerprint density at radius 1 is 1.04 bits per heavy atom. The van der Waals surface area contributed by atoms with Crippen LogP contribution in [-0.4, -0.2) is 37.5 Å². The van der Waals surface area contributed by atoms with Crippen LogP contribution in [0.3, 0.4) is 0 Å². The molecule has 0 fully saturated rings. The third kappa shape index (κ3) is 6.95. The Balaban J connectivity index is 1.77. The van der Waals surface area contributed by atoms with Crippen molar-refractivity contribution in [3.05, 3.63) is 58.6 Å². The van der Waals surface area contributed by atoms with Crippen molar-refractivity contribution < 1.29 is 32.6 Å². The van der Waals surface area contributed by atoms with Crippen LogP contribution < -0.4 is 15.4 Å². The van der Waals surface area contributed by atoms with E-state index in [0.717, 1.165) is 4.47 Å². The van der Waals surface area contributed by atoms with E-state index in [1.54, 1.807) is 24.3 Å². The van der Waals surface area contributed by atoms with Gasteiger partial charge < -0.3 is 20.1 Å². The van der Waals surface area contributed by atoms with Crippen LogP contribution in [0.1, 0.15) is 10.4 Å². The van der Waals surface area contributed by atoms with Gasteiger partial charge in [0.2, 0.25) is 0 Å². The summed E-state index contributed by atoms with van der Waals surface area (Å²) < 4.78 is 34.5. The first-order valence-corrected chi connectivity index (χ1v) is 8.67. The fraction of sp³-hybridized carbons (Fsp3) is 0.167. The molecule has 0 radical (unpaired) electrons. The zero-order valence-corrected chi connectivity index (χ0v) is 15.9. The maximum absolute atomic E-state index is 12.3. The fourth-order valence-corrected chi connectivity index (χ4v) is 2.27. The lowest BCUT2D eigenvalue weighted by Crippen LogP contribution is -2.32. The van der Waals surface area contributed by atoms with Crippen molar-refractivity contribution in [1.29, 1.82) is 0 Å². The summed E-state index contributed by atoms with van der Waals surface area (Å²) >= 11 is 3.24. The van der Waals surface area contributed by atoms with E-state index >= 15 is 0 Å². The molecule has 28 heavy (non-hydrogen) atoms. The summed E-state index contributed by atoms with van der Waals surface area (Å²) in [5.41, 5.74) is 0.358. The van der Waals surface area contributed by atoms with Crippen molar-refractivity contribution in [2.24, 2.45) is 0 Å². The number of rotatable bonds is 8. The molecule has 0 heterocycles. The number of anilines is 1. The largest absolute Gasteiger partial charge is 0.454 e. The molecule has 0 aromatic heterocycles. The van der Waals surface area contributed by atoms with Gasteiger partial charge in [-0.1, -0.05) is 28.1 Å². The highest BCUT2D eigenvalue weighted by molar-refractivity contribution is 9.10. The molecule has 0 aliphatic carbocycles. The highest BCUT2D eigenvalue weighted by Gasteiger charge is 2.14. The van der Waals surface area contributed by atoms with E-state index < -0.39 is 37.5 Å². The average Bonchev–Trinajstić information content (AvgIpc) is 2.66. The molecule has 0 aliphatic rings. The smallest absolute Gasteiger partial charge is 0.387 e. The maximum atomic E-state index is 12.3. The summed E-state index contributed by atoms with van der Waals surface area (Å²) in [6, 6.07) is 12.1. The molecule has 0 spiro atoms. The number of halogens is 3. The van der Waals surface area contributed by atoms with E-state index in [0.29, 0.717) is 5.56 Å². The monoisotopic (exact) mass is 456 g/mol. The minimum absolute atomic E-state index is 0.00684. The second-order valence-corrected chi connectivity index (χ2v) is 6.19. The van der Waals surface area contributed by atoms with Crippen LogP contribution in [-0.2, 0) is 14.3 Å². The van der Waals surface area contributed by atoms with E-state index in [4.69, 9.17) is 4.74 Å². The lowest BCUT2D eigenvalue weighted by Gasteiger charge is -2.12. The Morgan fingerprint density at radius 2 is 1.71 bits per heavy atom. The summed E-state index contributed by atoms with van der Waals surface area (Å²) in [5, 5.41) is 4.66. The lowest BCUT2D eigenvalue weighted by molar-refractivity contribution is -0.146. The number of benzene rings is 2. The highest BCUT2D eigenvalue weighted by Crippen LogP contribution is 2.25. The predicted octanol–water partition coefficient (Wildman–Crippen LogP) is 2.96. The predicted molar refractivity (Wildman–Crippen MR) is 99.1 cm³/mol. The van der Waals surface area contributed by atoms with E-state index in [2.05, 4.69) is 31.3 Å². The topological polar surface area (TPSA) is 93.7 Å². The van der Waals surface area contributed by atoms with Gasteiger partial charge in [0.25, 0.3) is 11.8 Å². The number of ether oxygens (including phenoxy) is 2. The molecule has 0 aliphatic heterocycles. The highest BCUT2D eigenvalue weighted by atomic mass is 79.9. The molecule has 0 atom stereocenters. The van der Waals surface area contributed by atoms with Gasteiger partial charge >= 0.3 is 12.6 Å².